The number of para-hydroxylation sites is 1. The van der Waals surface area contributed by atoms with Gasteiger partial charge in [0.2, 0.25) is 12.2 Å². The van der Waals surface area contributed by atoms with Crippen LogP contribution >= 0.6 is 0 Å². The average molecular weight is 291 g/mol. The molecule has 0 aliphatic rings. The number of amides is 1. The summed E-state index contributed by atoms with van der Waals surface area (Å²) < 4.78 is 6.51. The van der Waals surface area contributed by atoms with E-state index in [1.54, 1.807) is 0 Å². The first-order valence-corrected chi connectivity index (χ1v) is 6.13. The second-order valence-electron chi connectivity index (χ2n) is 4.01. The van der Waals surface area contributed by atoms with Gasteiger partial charge in [-0.25, -0.2) is 0 Å². The molecule has 1 aromatic carbocycles. The third kappa shape index (κ3) is 4.56. The quantitative estimate of drug-likeness (QED) is 0.448. The molecular formula is C12H13N5O4. The fourth-order valence-corrected chi connectivity index (χ4v) is 1.52. The monoisotopic (exact) mass is 291 g/mol. The highest BCUT2D eigenvalue weighted by molar-refractivity contribution is 5.75. The van der Waals surface area contributed by atoms with E-state index in [0.29, 0.717) is 13.2 Å². The SMILES string of the molecule is O=C(Cn1cnc([N+](=O)[O-])n1)NCCOc1ccccc1. The number of hydrogen-bond donors (Lipinski definition) is 1. The predicted octanol–water partition coefficient (Wildman–Crippen LogP) is 0.381. The molecule has 110 valence electrons. The van der Waals surface area contributed by atoms with E-state index in [0.717, 1.165) is 16.8 Å². The zero-order valence-electron chi connectivity index (χ0n) is 11.0. The van der Waals surface area contributed by atoms with Crippen molar-refractivity contribution in [2.75, 3.05) is 13.2 Å². The molecule has 0 aliphatic heterocycles. The molecule has 9 nitrogen and oxygen atoms in total. The van der Waals surface area contributed by atoms with E-state index in [-0.39, 0.29) is 12.5 Å². The van der Waals surface area contributed by atoms with E-state index in [1.165, 1.54) is 0 Å². The van der Waals surface area contributed by atoms with Gasteiger partial charge in [-0.1, -0.05) is 23.2 Å². The Hall–Kier alpha value is -2.97. The minimum atomic E-state index is -0.720. The molecule has 21 heavy (non-hydrogen) atoms. The first-order chi connectivity index (χ1) is 10.1. The van der Waals surface area contributed by atoms with Crippen LogP contribution in [0.3, 0.4) is 0 Å². The van der Waals surface area contributed by atoms with Crippen LogP contribution in [0.5, 0.6) is 5.75 Å². The van der Waals surface area contributed by atoms with Crippen LogP contribution in [0.1, 0.15) is 0 Å². The van der Waals surface area contributed by atoms with Crippen molar-refractivity contribution in [3.8, 4) is 5.75 Å². The maximum Gasteiger partial charge on any atom is 0.490 e. The number of nitrogens with zero attached hydrogens (tertiary/aromatic N) is 4. The standard InChI is InChI=1S/C12H13N5O4/c18-11(8-16-9-14-12(15-16)17(19)20)13-6-7-21-10-4-2-1-3-5-10/h1-5,9H,6-8H2,(H,13,18). The van der Waals surface area contributed by atoms with Gasteiger partial charge in [0.15, 0.2) is 0 Å². The van der Waals surface area contributed by atoms with E-state index in [2.05, 4.69) is 15.4 Å². The molecule has 2 rings (SSSR count). The molecule has 0 unspecified atom stereocenters. The average Bonchev–Trinajstić information content (AvgIpc) is 2.93. The number of hydrogen-bond acceptors (Lipinski definition) is 6. The number of benzene rings is 1. The third-order valence-electron chi connectivity index (χ3n) is 2.43. The fraction of sp³-hybridized carbons (Fsp3) is 0.250. The van der Waals surface area contributed by atoms with E-state index in [4.69, 9.17) is 4.74 Å². The molecule has 0 atom stereocenters. The van der Waals surface area contributed by atoms with Gasteiger partial charge in [0.05, 0.1) is 6.54 Å². The summed E-state index contributed by atoms with van der Waals surface area (Å²) in [4.78, 5) is 24.7. The van der Waals surface area contributed by atoms with Gasteiger partial charge >= 0.3 is 5.95 Å². The summed E-state index contributed by atoms with van der Waals surface area (Å²) in [5.74, 6) is -0.139. The maximum atomic E-state index is 11.6. The van der Waals surface area contributed by atoms with E-state index < -0.39 is 10.9 Å². The molecule has 1 N–H and O–H groups in total. The molecule has 9 heteroatoms. The number of rotatable bonds is 7. The van der Waals surface area contributed by atoms with Crippen molar-refractivity contribution in [2.24, 2.45) is 0 Å². The summed E-state index contributed by atoms with van der Waals surface area (Å²) in [6.07, 6.45) is 1.14. The normalized spacial score (nSPS) is 10.1. The predicted molar refractivity (Wildman–Crippen MR) is 71.6 cm³/mol. The van der Waals surface area contributed by atoms with Crippen LogP contribution in [0.4, 0.5) is 5.95 Å². The van der Waals surface area contributed by atoms with Gasteiger partial charge in [-0.3, -0.25) is 4.79 Å². The number of nitrogens with one attached hydrogen (secondary N) is 1. The summed E-state index contributed by atoms with van der Waals surface area (Å²) in [6, 6.07) is 9.22. The molecule has 2 aromatic rings. The van der Waals surface area contributed by atoms with Crippen LogP contribution < -0.4 is 10.1 Å². The second kappa shape index (κ2) is 6.98. The topological polar surface area (TPSA) is 112 Å². The Morgan fingerprint density at radius 1 is 1.38 bits per heavy atom. The second-order valence-corrected chi connectivity index (χ2v) is 4.01. The number of aromatic nitrogens is 3. The zero-order valence-corrected chi connectivity index (χ0v) is 11.0. The highest BCUT2D eigenvalue weighted by atomic mass is 16.6. The van der Waals surface area contributed by atoms with E-state index in [9.17, 15) is 14.9 Å². The van der Waals surface area contributed by atoms with Crippen LogP contribution in [-0.4, -0.2) is 38.7 Å². The molecular weight excluding hydrogens is 278 g/mol. The molecule has 1 amide bonds. The largest absolute Gasteiger partial charge is 0.492 e. The van der Waals surface area contributed by atoms with Crippen LogP contribution in [0.15, 0.2) is 36.7 Å². The van der Waals surface area contributed by atoms with Gasteiger partial charge in [-0.2, -0.15) is 4.68 Å². The Kier molecular flexibility index (Phi) is 4.80. The molecule has 0 saturated heterocycles. The molecule has 0 bridgehead atoms. The van der Waals surface area contributed by atoms with Crippen LogP contribution in [0.25, 0.3) is 0 Å². The summed E-state index contributed by atoms with van der Waals surface area (Å²) in [7, 11) is 0. The molecule has 0 fully saturated rings. The minimum absolute atomic E-state index is 0.133. The van der Waals surface area contributed by atoms with Crippen molar-refractivity contribution in [1.82, 2.24) is 20.1 Å². The van der Waals surface area contributed by atoms with Crippen molar-refractivity contribution in [2.45, 2.75) is 6.54 Å². The Bertz CT molecular complexity index is 613. The van der Waals surface area contributed by atoms with Gasteiger partial charge < -0.3 is 20.2 Å². The Balaban J connectivity index is 1.68. The Morgan fingerprint density at radius 2 is 2.14 bits per heavy atom. The van der Waals surface area contributed by atoms with Crippen molar-refractivity contribution < 1.29 is 14.5 Å². The first-order valence-electron chi connectivity index (χ1n) is 6.13. The summed E-state index contributed by atoms with van der Waals surface area (Å²) >= 11 is 0. The van der Waals surface area contributed by atoms with Gasteiger partial charge in [0.1, 0.15) is 18.9 Å². The molecule has 1 heterocycles. The first kappa shape index (κ1) is 14.4. The summed E-state index contributed by atoms with van der Waals surface area (Å²) in [6.45, 7) is 0.518. The van der Waals surface area contributed by atoms with Gasteiger partial charge in [0.25, 0.3) is 0 Å². The van der Waals surface area contributed by atoms with Gasteiger partial charge in [-0.15, -0.1) is 0 Å². The van der Waals surface area contributed by atoms with Crippen molar-refractivity contribution in [3.63, 3.8) is 0 Å². The van der Waals surface area contributed by atoms with E-state index >= 15 is 0 Å². The van der Waals surface area contributed by atoms with Crippen molar-refractivity contribution >= 4 is 11.9 Å². The number of carbonyl (C=O) groups excluding carboxylic acids is 1. The lowest BCUT2D eigenvalue weighted by Crippen LogP contribution is -2.31. The minimum Gasteiger partial charge on any atom is -0.492 e. The third-order valence-corrected chi connectivity index (χ3v) is 2.43. The smallest absolute Gasteiger partial charge is 0.490 e. The number of nitro groups is 1. The lowest BCUT2D eigenvalue weighted by Gasteiger charge is -2.06. The summed E-state index contributed by atoms with van der Waals surface area (Å²) in [5, 5.41) is 16.6. The highest BCUT2D eigenvalue weighted by Gasteiger charge is 2.14. The Morgan fingerprint density at radius 3 is 2.81 bits per heavy atom. The number of ether oxygens (including phenoxy) is 1. The van der Waals surface area contributed by atoms with Crippen LogP contribution in [0.2, 0.25) is 0 Å². The van der Waals surface area contributed by atoms with Crippen LogP contribution in [-0.2, 0) is 11.3 Å². The maximum absolute atomic E-state index is 11.6. The molecule has 0 radical (unpaired) electrons. The van der Waals surface area contributed by atoms with Crippen LogP contribution in [0, 0.1) is 10.1 Å². The molecule has 0 spiro atoms. The molecule has 0 saturated carbocycles. The number of carbonyl (C=O) groups is 1. The zero-order chi connectivity index (χ0) is 15.1. The van der Waals surface area contributed by atoms with Gasteiger partial charge in [0, 0.05) is 5.10 Å². The molecule has 1 aromatic heterocycles. The van der Waals surface area contributed by atoms with Crippen molar-refractivity contribution in [3.05, 3.63) is 46.8 Å². The lowest BCUT2D eigenvalue weighted by molar-refractivity contribution is -0.394. The fourth-order valence-electron chi connectivity index (χ4n) is 1.52. The van der Waals surface area contributed by atoms with E-state index in [1.807, 2.05) is 30.3 Å². The summed E-state index contributed by atoms with van der Waals surface area (Å²) in [5.41, 5.74) is 0. The molecule has 0 aliphatic carbocycles. The highest BCUT2D eigenvalue weighted by Crippen LogP contribution is 2.07. The van der Waals surface area contributed by atoms with Gasteiger partial charge in [-0.05, 0) is 17.1 Å². The lowest BCUT2D eigenvalue weighted by atomic mass is 10.3. The van der Waals surface area contributed by atoms with Crippen molar-refractivity contribution in [1.29, 1.82) is 0 Å². The Labute approximate surface area is 119 Å².